The Kier molecular flexibility index (Phi) is 3.66. The van der Waals surface area contributed by atoms with Gasteiger partial charge in [-0.2, -0.15) is 11.8 Å². The predicted molar refractivity (Wildman–Crippen MR) is 68.7 cm³/mol. The van der Waals surface area contributed by atoms with Crippen LogP contribution in [0, 0.1) is 0 Å². The van der Waals surface area contributed by atoms with Gasteiger partial charge in [-0.05, 0) is 6.07 Å². The van der Waals surface area contributed by atoms with Crippen molar-refractivity contribution in [1.82, 2.24) is 9.97 Å². The molecule has 0 saturated carbocycles. The van der Waals surface area contributed by atoms with Crippen LogP contribution in [0.5, 0.6) is 0 Å². The second-order valence-corrected chi connectivity index (χ2v) is 6.10. The van der Waals surface area contributed by atoms with Crippen LogP contribution in [0.3, 0.4) is 0 Å². The summed E-state index contributed by atoms with van der Waals surface area (Å²) in [5.74, 6) is 0.821. The summed E-state index contributed by atoms with van der Waals surface area (Å²) in [4.78, 5) is 11.0. The van der Waals surface area contributed by atoms with Crippen LogP contribution in [-0.4, -0.2) is 33.6 Å². The molecule has 2 unspecified atom stereocenters. The summed E-state index contributed by atoms with van der Waals surface area (Å²) in [6.07, 6.45) is 1.79. The maximum absolute atomic E-state index is 5.59. The molecule has 2 atom stereocenters. The molecule has 0 aromatic carbocycles. The average molecular weight is 238 g/mol. The average Bonchev–Trinajstić information content (AvgIpc) is 2.28. The van der Waals surface area contributed by atoms with E-state index < -0.39 is 0 Å². The maximum atomic E-state index is 5.59. The van der Waals surface area contributed by atoms with Crippen molar-refractivity contribution in [2.45, 2.75) is 30.9 Å². The number of aromatic nitrogens is 2. The van der Waals surface area contributed by atoms with Crippen molar-refractivity contribution in [1.29, 1.82) is 0 Å². The molecule has 1 saturated heterocycles. The van der Waals surface area contributed by atoms with Crippen molar-refractivity contribution < 1.29 is 0 Å². The highest BCUT2D eigenvalue weighted by Crippen LogP contribution is 2.26. The number of hydrogen-bond acceptors (Lipinski definition) is 5. The van der Waals surface area contributed by atoms with E-state index in [1.54, 1.807) is 6.20 Å². The van der Waals surface area contributed by atoms with Gasteiger partial charge in [-0.3, -0.25) is 0 Å². The van der Waals surface area contributed by atoms with Gasteiger partial charge in [0.1, 0.15) is 0 Å². The van der Waals surface area contributed by atoms with E-state index in [9.17, 15) is 0 Å². The molecule has 0 spiro atoms. The summed E-state index contributed by atoms with van der Waals surface area (Å²) in [5.41, 5.74) is 6.50. The van der Waals surface area contributed by atoms with Crippen LogP contribution >= 0.6 is 11.8 Å². The second kappa shape index (κ2) is 5.01. The Morgan fingerprint density at radius 3 is 2.75 bits per heavy atom. The van der Waals surface area contributed by atoms with Crippen molar-refractivity contribution in [3.05, 3.63) is 18.0 Å². The van der Waals surface area contributed by atoms with Gasteiger partial charge in [0, 0.05) is 36.3 Å². The van der Waals surface area contributed by atoms with E-state index in [2.05, 4.69) is 28.7 Å². The lowest BCUT2D eigenvalue weighted by Gasteiger charge is -2.34. The summed E-state index contributed by atoms with van der Waals surface area (Å²) in [6.45, 7) is 7.01. The maximum Gasteiger partial charge on any atom is 0.225 e. The van der Waals surface area contributed by atoms with Crippen LogP contribution in [-0.2, 0) is 6.54 Å². The van der Waals surface area contributed by atoms with Crippen molar-refractivity contribution in [2.24, 2.45) is 5.73 Å². The van der Waals surface area contributed by atoms with Gasteiger partial charge in [0.2, 0.25) is 5.95 Å². The third-order valence-corrected chi connectivity index (χ3v) is 3.84. The Bertz CT molecular complexity index is 348. The molecule has 4 nitrogen and oxygen atoms in total. The Balaban J connectivity index is 2.16. The fraction of sp³-hybridized carbons (Fsp3) is 0.636. The molecule has 0 amide bonds. The molecule has 16 heavy (non-hydrogen) atoms. The van der Waals surface area contributed by atoms with E-state index in [4.69, 9.17) is 5.73 Å². The SMILES string of the molecule is CC1CN(c2nccc(CN)n2)CC(C)S1. The first-order valence-corrected chi connectivity index (χ1v) is 6.55. The van der Waals surface area contributed by atoms with Gasteiger partial charge < -0.3 is 10.6 Å². The van der Waals surface area contributed by atoms with Crippen LogP contribution in [0.1, 0.15) is 19.5 Å². The molecular weight excluding hydrogens is 220 g/mol. The minimum atomic E-state index is 0.475. The normalized spacial score (nSPS) is 25.8. The monoisotopic (exact) mass is 238 g/mol. The predicted octanol–water partition coefficient (Wildman–Crippen LogP) is 1.27. The molecule has 1 aliphatic heterocycles. The van der Waals surface area contributed by atoms with E-state index in [0.29, 0.717) is 17.0 Å². The Morgan fingerprint density at radius 2 is 2.12 bits per heavy atom. The summed E-state index contributed by atoms with van der Waals surface area (Å²) in [5, 5.41) is 1.27. The van der Waals surface area contributed by atoms with Crippen LogP contribution < -0.4 is 10.6 Å². The number of nitrogens with zero attached hydrogens (tertiary/aromatic N) is 3. The topological polar surface area (TPSA) is 55.0 Å². The van der Waals surface area contributed by atoms with E-state index in [1.165, 1.54) is 0 Å². The first-order chi connectivity index (χ1) is 7.69. The lowest BCUT2D eigenvalue weighted by atomic mass is 10.3. The van der Waals surface area contributed by atoms with Crippen molar-refractivity contribution >= 4 is 17.7 Å². The smallest absolute Gasteiger partial charge is 0.225 e. The first kappa shape index (κ1) is 11.7. The van der Waals surface area contributed by atoms with Crippen molar-refractivity contribution in [3.63, 3.8) is 0 Å². The zero-order valence-electron chi connectivity index (χ0n) is 9.76. The van der Waals surface area contributed by atoms with E-state index in [-0.39, 0.29) is 0 Å². The lowest BCUT2D eigenvalue weighted by molar-refractivity contribution is 0.702. The van der Waals surface area contributed by atoms with Crippen LogP contribution in [0.2, 0.25) is 0 Å². The minimum Gasteiger partial charge on any atom is -0.339 e. The molecule has 0 bridgehead atoms. The van der Waals surface area contributed by atoms with Crippen molar-refractivity contribution in [2.75, 3.05) is 18.0 Å². The van der Waals surface area contributed by atoms with Gasteiger partial charge in [0.15, 0.2) is 0 Å². The summed E-state index contributed by atoms with van der Waals surface area (Å²) in [7, 11) is 0. The summed E-state index contributed by atoms with van der Waals surface area (Å²) >= 11 is 2.03. The van der Waals surface area contributed by atoms with Gasteiger partial charge in [-0.1, -0.05) is 13.8 Å². The molecule has 0 radical (unpaired) electrons. The highest BCUT2D eigenvalue weighted by atomic mass is 32.2. The van der Waals surface area contributed by atoms with Crippen molar-refractivity contribution in [3.8, 4) is 0 Å². The standard InChI is InChI=1S/C11H18N4S/c1-8-6-15(7-9(2)16-8)11-13-4-3-10(5-12)14-11/h3-4,8-9H,5-7,12H2,1-2H3. The fourth-order valence-corrected chi connectivity index (χ4v) is 3.32. The number of rotatable bonds is 2. The molecule has 2 N–H and O–H groups in total. The van der Waals surface area contributed by atoms with E-state index in [0.717, 1.165) is 24.7 Å². The molecule has 1 fully saturated rings. The molecule has 1 aliphatic rings. The Labute approximate surface area is 101 Å². The number of anilines is 1. The van der Waals surface area contributed by atoms with Gasteiger partial charge >= 0.3 is 0 Å². The zero-order chi connectivity index (χ0) is 11.5. The van der Waals surface area contributed by atoms with Gasteiger partial charge in [-0.15, -0.1) is 0 Å². The fourth-order valence-electron chi connectivity index (χ4n) is 1.99. The second-order valence-electron chi connectivity index (χ2n) is 4.21. The molecule has 2 rings (SSSR count). The Hall–Kier alpha value is -0.810. The molecule has 0 aliphatic carbocycles. The molecule has 5 heteroatoms. The number of thioether (sulfide) groups is 1. The highest BCUT2D eigenvalue weighted by Gasteiger charge is 2.23. The van der Waals surface area contributed by atoms with Crippen LogP contribution in [0.15, 0.2) is 12.3 Å². The molecule has 1 aromatic heterocycles. The summed E-state index contributed by atoms with van der Waals surface area (Å²) < 4.78 is 0. The third-order valence-electron chi connectivity index (χ3n) is 2.61. The number of nitrogens with two attached hydrogens (primary N) is 1. The molecule has 88 valence electrons. The van der Waals surface area contributed by atoms with Crippen LogP contribution in [0.4, 0.5) is 5.95 Å². The first-order valence-electron chi connectivity index (χ1n) is 5.61. The number of hydrogen-bond donors (Lipinski definition) is 1. The Morgan fingerprint density at radius 1 is 1.44 bits per heavy atom. The largest absolute Gasteiger partial charge is 0.339 e. The summed E-state index contributed by atoms with van der Waals surface area (Å²) in [6, 6.07) is 1.87. The highest BCUT2D eigenvalue weighted by molar-refractivity contribution is 8.00. The van der Waals surface area contributed by atoms with Gasteiger partial charge in [-0.25, -0.2) is 9.97 Å². The molecule has 1 aromatic rings. The quantitative estimate of drug-likeness (QED) is 0.841. The molecule has 2 heterocycles. The zero-order valence-corrected chi connectivity index (χ0v) is 10.6. The molecular formula is C11H18N4S. The third kappa shape index (κ3) is 2.65. The minimum absolute atomic E-state index is 0.475. The van der Waals surface area contributed by atoms with E-state index >= 15 is 0 Å². The van der Waals surface area contributed by atoms with Crippen LogP contribution in [0.25, 0.3) is 0 Å². The van der Waals surface area contributed by atoms with E-state index in [1.807, 2.05) is 17.8 Å². The van der Waals surface area contributed by atoms with Gasteiger partial charge in [0.25, 0.3) is 0 Å². The lowest BCUT2D eigenvalue weighted by Crippen LogP contribution is -2.41. The van der Waals surface area contributed by atoms with Gasteiger partial charge in [0.05, 0.1) is 5.69 Å².